The Morgan fingerprint density at radius 2 is 1.83 bits per heavy atom. The van der Waals surface area contributed by atoms with Crippen molar-refractivity contribution in [1.82, 2.24) is 0 Å². The molecule has 0 aliphatic carbocycles. The molecule has 0 atom stereocenters. The Morgan fingerprint density at radius 3 is 2.50 bits per heavy atom. The van der Waals surface area contributed by atoms with Crippen LogP contribution in [0, 0.1) is 0 Å². The summed E-state index contributed by atoms with van der Waals surface area (Å²) in [6, 6.07) is 10.9. The van der Waals surface area contributed by atoms with Gasteiger partial charge in [0.1, 0.15) is 5.75 Å². The molecular weight excluding hydrogens is 318 g/mol. The molecule has 0 amide bonds. The molecule has 6 heteroatoms. The van der Waals surface area contributed by atoms with Crippen LogP contribution in [0.1, 0.15) is 15.9 Å². The van der Waals surface area contributed by atoms with Crippen LogP contribution in [0.3, 0.4) is 0 Å². The summed E-state index contributed by atoms with van der Waals surface area (Å²) in [4.78, 5) is 12.2. The number of carbonyl (C=O) groups is 1. The highest BCUT2D eigenvalue weighted by Gasteiger charge is 2.09. The van der Waals surface area contributed by atoms with Gasteiger partial charge in [-0.3, -0.25) is 4.79 Å². The van der Waals surface area contributed by atoms with Crippen LogP contribution in [-0.4, -0.2) is 26.6 Å². The number of hydrogen-bond acceptors (Lipinski definition) is 4. The molecule has 0 saturated carbocycles. The molecule has 2 aromatic rings. The molecule has 2 rings (SSSR count). The number of carbonyl (C=O) groups excluding carboxylic acids is 1. The number of alkyl halides is 2. The van der Waals surface area contributed by atoms with Crippen LogP contribution in [0.2, 0.25) is 0 Å². The van der Waals surface area contributed by atoms with Gasteiger partial charge in [0.2, 0.25) is 0 Å². The van der Waals surface area contributed by atoms with Gasteiger partial charge in [0, 0.05) is 11.1 Å². The number of ether oxygens (including phenoxy) is 3. The summed E-state index contributed by atoms with van der Waals surface area (Å²) in [5.41, 5.74) is 0.899. The highest BCUT2D eigenvalue weighted by molar-refractivity contribution is 6.07. The Kier molecular flexibility index (Phi) is 5.89. The first-order valence-electron chi connectivity index (χ1n) is 7.03. The van der Waals surface area contributed by atoms with Gasteiger partial charge in [-0.05, 0) is 30.4 Å². The van der Waals surface area contributed by atoms with Crippen molar-refractivity contribution in [3.8, 4) is 17.2 Å². The maximum Gasteiger partial charge on any atom is 0.387 e. The van der Waals surface area contributed by atoms with Crippen LogP contribution < -0.4 is 14.2 Å². The summed E-state index contributed by atoms with van der Waals surface area (Å²) in [7, 11) is 3.02. The van der Waals surface area contributed by atoms with Crippen LogP contribution in [0.25, 0.3) is 6.08 Å². The van der Waals surface area contributed by atoms with Gasteiger partial charge in [-0.1, -0.05) is 24.3 Å². The summed E-state index contributed by atoms with van der Waals surface area (Å²) >= 11 is 0. The largest absolute Gasteiger partial charge is 0.493 e. The second-order valence-corrected chi connectivity index (χ2v) is 4.69. The summed E-state index contributed by atoms with van der Waals surface area (Å²) in [5, 5.41) is 0. The fourth-order valence-corrected chi connectivity index (χ4v) is 2.13. The minimum absolute atomic E-state index is 0.0665. The molecule has 4 nitrogen and oxygen atoms in total. The van der Waals surface area contributed by atoms with Crippen molar-refractivity contribution in [1.29, 1.82) is 0 Å². The second kappa shape index (κ2) is 8.10. The zero-order valence-corrected chi connectivity index (χ0v) is 13.2. The summed E-state index contributed by atoms with van der Waals surface area (Å²) in [6.07, 6.45) is 2.91. The number of methoxy groups -OCH3 is 2. The van der Waals surface area contributed by atoms with E-state index < -0.39 is 6.61 Å². The number of halogens is 2. The second-order valence-electron chi connectivity index (χ2n) is 4.69. The van der Waals surface area contributed by atoms with E-state index in [9.17, 15) is 13.6 Å². The highest BCUT2D eigenvalue weighted by Crippen LogP contribution is 2.31. The van der Waals surface area contributed by atoms with Crippen LogP contribution in [0.4, 0.5) is 8.78 Å². The average Bonchev–Trinajstić information content (AvgIpc) is 2.58. The molecular formula is C18H16F2O4. The molecule has 0 heterocycles. The molecule has 0 spiro atoms. The molecule has 0 unspecified atom stereocenters. The SMILES string of the molecule is COc1cccc(/C=C/C(=O)c2cccc(OC(F)F)c2)c1OC. The highest BCUT2D eigenvalue weighted by atomic mass is 19.3. The van der Waals surface area contributed by atoms with Crippen LogP contribution >= 0.6 is 0 Å². The monoisotopic (exact) mass is 334 g/mol. The lowest BCUT2D eigenvalue weighted by molar-refractivity contribution is -0.0498. The zero-order chi connectivity index (χ0) is 17.5. The quantitative estimate of drug-likeness (QED) is 0.562. The third-order valence-electron chi connectivity index (χ3n) is 3.19. The van der Waals surface area contributed by atoms with Gasteiger partial charge in [-0.25, -0.2) is 0 Å². The maximum atomic E-state index is 12.2. The van der Waals surface area contributed by atoms with Gasteiger partial charge in [0.05, 0.1) is 14.2 Å². The third-order valence-corrected chi connectivity index (χ3v) is 3.19. The number of rotatable bonds is 7. The molecule has 126 valence electrons. The van der Waals surface area contributed by atoms with Crippen molar-refractivity contribution < 1.29 is 27.8 Å². The Bertz CT molecular complexity index is 742. The van der Waals surface area contributed by atoms with Crippen molar-refractivity contribution in [2.75, 3.05) is 14.2 Å². The first-order chi connectivity index (χ1) is 11.5. The molecule has 0 saturated heterocycles. The van der Waals surface area contributed by atoms with Gasteiger partial charge < -0.3 is 14.2 Å². The van der Waals surface area contributed by atoms with E-state index in [4.69, 9.17) is 9.47 Å². The predicted octanol–water partition coefficient (Wildman–Crippen LogP) is 4.20. The third kappa shape index (κ3) is 4.32. The van der Waals surface area contributed by atoms with Crippen molar-refractivity contribution in [3.63, 3.8) is 0 Å². The first kappa shape index (κ1) is 17.5. The van der Waals surface area contributed by atoms with E-state index in [2.05, 4.69) is 4.74 Å². The number of allylic oxidation sites excluding steroid dienone is 1. The molecule has 0 radical (unpaired) electrons. The van der Waals surface area contributed by atoms with E-state index in [1.54, 1.807) is 24.3 Å². The molecule has 0 aromatic heterocycles. The summed E-state index contributed by atoms with van der Waals surface area (Å²) < 4.78 is 39.2. The van der Waals surface area contributed by atoms with Crippen LogP contribution in [-0.2, 0) is 0 Å². The van der Waals surface area contributed by atoms with Gasteiger partial charge in [0.25, 0.3) is 0 Å². The van der Waals surface area contributed by atoms with Crippen molar-refractivity contribution in [2.45, 2.75) is 6.61 Å². The fourth-order valence-electron chi connectivity index (χ4n) is 2.13. The average molecular weight is 334 g/mol. The maximum absolute atomic E-state index is 12.2. The van der Waals surface area contributed by atoms with E-state index in [1.165, 1.54) is 44.6 Å². The van der Waals surface area contributed by atoms with Gasteiger partial charge >= 0.3 is 6.61 Å². The molecule has 0 bridgehead atoms. The van der Waals surface area contributed by atoms with Crippen molar-refractivity contribution in [2.24, 2.45) is 0 Å². The lowest BCUT2D eigenvalue weighted by Crippen LogP contribution is -2.03. The topological polar surface area (TPSA) is 44.8 Å². The number of ketones is 1. The minimum Gasteiger partial charge on any atom is -0.493 e. The number of hydrogen-bond donors (Lipinski definition) is 0. The summed E-state index contributed by atoms with van der Waals surface area (Å²) in [5.74, 6) is 0.626. The molecule has 24 heavy (non-hydrogen) atoms. The van der Waals surface area contributed by atoms with Crippen LogP contribution in [0.15, 0.2) is 48.5 Å². The zero-order valence-electron chi connectivity index (χ0n) is 13.2. The van der Waals surface area contributed by atoms with E-state index in [0.29, 0.717) is 17.1 Å². The number of benzene rings is 2. The minimum atomic E-state index is -2.94. The first-order valence-corrected chi connectivity index (χ1v) is 7.03. The van der Waals surface area contributed by atoms with Gasteiger partial charge in [-0.2, -0.15) is 8.78 Å². The lowest BCUT2D eigenvalue weighted by atomic mass is 10.1. The summed E-state index contributed by atoms with van der Waals surface area (Å²) in [6.45, 7) is -2.94. The van der Waals surface area contributed by atoms with Crippen LogP contribution in [0.5, 0.6) is 17.2 Å². The van der Waals surface area contributed by atoms with E-state index in [1.807, 2.05) is 0 Å². The Balaban J connectivity index is 2.22. The Hall–Kier alpha value is -2.89. The fraction of sp³-hybridized carbons (Fsp3) is 0.167. The normalized spacial score (nSPS) is 10.9. The van der Waals surface area contributed by atoms with Crippen molar-refractivity contribution in [3.05, 3.63) is 59.7 Å². The Morgan fingerprint density at radius 1 is 1.08 bits per heavy atom. The van der Waals surface area contributed by atoms with E-state index in [0.717, 1.165) is 0 Å². The van der Waals surface area contributed by atoms with E-state index in [-0.39, 0.29) is 17.1 Å². The van der Waals surface area contributed by atoms with E-state index >= 15 is 0 Å². The lowest BCUT2D eigenvalue weighted by Gasteiger charge is -2.09. The molecule has 0 fully saturated rings. The smallest absolute Gasteiger partial charge is 0.387 e. The van der Waals surface area contributed by atoms with Gasteiger partial charge in [-0.15, -0.1) is 0 Å². The predicted molar refractivity (Wildman–Crippen MR) is 86.0 cm³/mol. The van der Waals surface area contributed by atoms with Crippen molar-refractivity contribution >= 4 is 11.9 Å². The standard InChI is InChI=1S/C18H16F2O4/c1-22-16-8-4-5-12(17(16)23-2)9-10-15(21)13-6-3-7-14(11-13)24-18(19)20/h3-11,18H,1-2H3/b10-9+. The molecule has 0 aliphatic heterocycles. The molecule has 0 N–H and O–H groups in total. The molecule has 0 aliphatic rings. The molecule has 2 aromatic carbocycles. The Labute approximate surface area is 138 Å². The van der Waals surface area contributed by atoms with Gasteiger partial charge in [0.15, 0.2) is 17.3 Å². The number of para-hydroxylation sites is 1.